The van der Waals surface area contributed by atoms with Crippen LogP contribution in [-0.4, -0.2) is 62.9 Å². The van der Waals surface area contributed by atoms with E-state index in [1.54, 1.807) is 16.2 Å². The van der Waals surface area contributed by atoms with Crippen LogP contribution in [0.1, 0.15) is 62.1 Å². The number of anilines is 1. The zero-order valence-electron chi connectivity index (χ0n) is 22.1. The summed E-state index contributed by atoms with van der Waals surface area (Å²) >= 11 is 1.74. The van der Waals surface area contributed by atoms with Crippen molar-refractivity contribution in [3.05, 3.63) is 51.4 Å². The summed E-state index contributed by atoms with van der Waals surface area (Å²) in [6, 6.07) is 7.48. The first-order valence-electron chi connectivity index (χ1n) is 13.6. The van der Waals surface area contributed by atoms with E-state index in [4.69, 9.17) is 9.51 Å². The first kappa shape index (κ1) is 25.7. The lowest BCUT2D eigenvalue weighted by Crippen LogP contribution is -2.46. The molecule has 10 nitrogen and oxygen atoms in total. The Morgan fingerprint density at radius 2 is 2.05 bits per heavy atom. The van der Waals surface area contributed by atoms with Crippen molar-refractivity contribution in [2.45, 2.75) is 51.5 Å². The Morgan fingerprint density at radius 3 is 2.87 bits per heavy atom. The van der Waals surface area contributed by atoms with E-state index < -0.39 is 17.4 Å². The highest BCUT2D eigenvalue weighted by Crippen LogP contribution is 2.36. The second-order valence-electron chi connectivity index (χ2n) is 10.9. The van der Waals surface area contributed by atoms with Gasteiger partial charge in [-0.15, -0.1) is 11.3 Å². The Morgan fingerprint density at radius 1 is 1.23 bits per heavy atom. The zero-order valence-corrected chi connectivity index (χ0v) is 22.9. The molecule has 0 aliphatic carbocycles. The number of hydrogen-bond donors (Lipinski definition) is 2. The Kier molecular flexibility index (Phi) is 6.94. The van der Waals surface area contributed by atoms with E-state index in [9.17, 15) is 14.4 Å². The minimum absolute atomic E-state index is 0.139. The number of likely N-dealkylation sites (tertiary alicyclic amines) is 2. The third-order valence-corrected chi connectivity index (χ3v) is 9.10. The molecule has 0 bridgehead atoms. The molecule has 2 aliphatic rings. The molecule has 0 unspecified atom stereocenters. The number of aromatic amines is 1. The number of H-pyrrole nitrogens is 1. The molecule has 0 radical (unpaired) electrons. The number of rotatable bonds is 5. The molecule has 3 atom stereocenters. The second-order valence-corrected chi connectivity index (χ2v) is 12.0. The molecule has 2 N–H and O–H groups in total. The number of amides is 2. The number of thiazole rings is 1. The Labute approximate surface area is 229 Å². The molecular weight excluding hydrogens is 516 g/mol. The molecule has 0 spiro atoms. The lowest BCUT2D eigenvalue weighted by Gasteiger charge is -2.38. The summed E-state index contributed by atoms with van der Waals surface area (Å²) in [5, 5.41) is 6.16. The summed E-state index contributed by atoms with van der Waals surface area (Å²) < 4.78 is 6.10. The average molecular weight is 549 g/mol. The molecule has 2 fully saturated rings. The predicted octanol–water partition coefficient (Wildman–Crippen LogP) is 4.26. The smallest absolute Gasteiger partial charge is 0.313 e. The van der Waals surface area contributed by atoms with Gasteiger partial charge < -0.3 is 19.6 Å². The van der Waals surface area contributed by atoms with E-state index in [0.29, 0.717) is 12.5 Å². The van der Waals surface area contributed by atoms with Crippen molar-refractivity contribution in [2.24, 2.45) is 5.92 Å². The van der Waals surface area contributed by atoms with Crippen LogP contribution in [0.3, 0.4) is 0 Å². The van der Waals surface area contributed by atoms with Crippen molar-refractivity contribution in [3.8, 4) is 0 Å². The SMILES string of the molecule is C[C@H]1CC[C@H](c2ccc3sc([C@@H](C)CN4CCCC4)nc3c2)N(C(=O)C(=O)Nc2cnc3o[nH]c(=O)c3c2)C1. The molecule has 2 saturated heterocycles. The average Bonchev–Trinajstić information content (AvgIpc) is 3.68. The second kappa shape index (κ2) is 10.5. The fraction of sp³-hybridized carbons (Fsp3) is 0.464. The highest BCUT2D eigenvalue weighted by atomic mass is 32.1. The topological polar surface area (TPSA) is 124 Å². The number of aromatic nitrogens is 3. The summed E-state index contributed by atoms with van der Waals surface area (Å²) in [4.78, 5) is 51.5. The number of carbonyl (C=O) groups excluding carboxylic acids is 2. The number of nitrogens with one attached hydrogen (secondary N) is 2. The molecule has 5 heterocycles. The van der Waals surface area contributed by atoms with Crippen LogP contribution in [0.2, 0.25) is 0 Å². The fourth-order valence-corrected chi connectivity index (χ4v) is 6.75. The maximum absolute atomic E-state index is 13.4. The van der Waals surface area contributed by atoms with E-state index >= 15 is 0 Å². The first-order chi connectivity index (χ1) is 18.9. The van der Waals surface area contributed by atoms with E-state index in [0.717, 1.165) is 40.2 Å². The van der Waals surface area contributed by atoms with Crippen molar-refractivity contribution < 1.29 is 14.1 Å². The van der Waals surface area contributed by atoms with Crippen LogP contribution in [0.15, 0.2) is 39.8 Å². The third-order valence-electron chi connectivity index (χ3n) is 7.83. The number of nitrogens with zero attached hydrogens (tertiary/aromatic N) is 4. The number of hydrogen-bond acceptors (Lipinski definition) is 8. The summed E-state index contributed by atoms with van der Waals surface area (Å²) in [7, 11) is 0. The fourth-order valence-electron chi connectivity index (χ4n) is 5.76. The quantitative estimate of drug-likeness (QED) is 0.357. The van der Waals surface area contributed by atoms with Crippen molar-refractivity contribution in [1.82, 2.24) is 24.9 Å². The van der Waals surface area contributed by atoms with Crippen LogP contribution in [0.4, 0.5) is 5.69 Å². The van der Waals surface area contributed by atoms with Crippen molar-refractivity contribution in [3.63, 3.8) is 0 Å². The van der Waals surface area contributed by atoms with E-state index in [1.165, 1.54) is 38.2 Å². The number of fused-ring (bicyclic) bond motifs is 2. The van der Waals surface area contributed by atoms with Crippen molar-refractivity contribution in [1.29, 1.82) is 0 Å². The highest BCUT2D eigenvalue weighted by molar-refractivity contribution is 7.18. The summed E-state index contributed by atoms with van der Waals surface area (Å²) in [5.74, 6) is -0.719. The maximum atomic E-state index is 13.4. The summed E-state index contributed by atoms with van der Waals surface area (Å²) in [6.07, 6.45) is 5.65. The lowest BCUT2D eigenvalue weighted by molar-refractivity contribution is -0.146. The monoisotopic (exact) mass is 548 g/mol. The normalized spacial score (nSPS) is 21.0. The summed E-state index contributed by atoms with van der Waals surface area (Å²) in [5.41, 5.74) is 1.89. The predicted molar refractivity (Wildman–Crippen MR) is 150 cm³/mol. The lowest BCUT2D eigenvalue weighted by atomic mass is 9.89. The third kappa shape index (κ3) is 5.20. The molecule has 2 aliphatic heterocycles. The van der Waals surface area contributed by atoms with Gasteiger partial charge in [0.05, 0.1) is 33.2 Å². The Hall–Kier alpha value is -3.57. The van der Waals surface area contributed by atoms with Gasteiger partial charge in [-0.05, 0) is 68.5 Å². The minimum Gasteiger partial charge on any atom is -0.358 e. The molecule has 6 rings (SSSR count). The maximum Gasteiger partial charge on any atom is 0.313 e. The zero-order chi connectivity index (χ0) is 27.1. The molecule has 11 heteroatoms. The number of carbonyl (C=O) groups is 2. The highest BCUT2D eigenvalue weighted by Gasteiger charge is 2.34. The van der Waals surface area contributed by atoms with Crippen LogP contribution in [0.25, 0.3) is 21.3 Å². The largest absolute Gasteiger partial charge is 0.358 e. The van der Waals surface area contributed by atoms with Gasteiger partial charge in [-0.2, -0.15) is 5.16 Å². The standard InChI is InChI=1S/C28H32N6O4S/c1-16-5-7-22(18-6-8-23-21(11-18)31-27(39-23)17(2)15-33-9-3-4-10-33)34(14-16)28(37)25(36)30-19-12-20-24(35)32-38-26(20)29-13-19/h6,8,11-13,16-17,22H,3-5,7,9-10,14-15H2,1-2H3,(H,30,36)(H,32,35)/t16-,17-,22+/m0/s1. The van der Waals surface area contributed by atoms with Crippen LogP contribution in [0.5, 0.6) is 0 Å². The van der Waals surface area contributed by atoms with E-state index in [-0.39, 0.29) is 28.7 Å². The van der Waals surface area contributed by atoms with E-state index in [1.807, 2.05) is 0 Å². The van der Waals surface area contributed by atoms with Crippen LogP contribution in [0, 0.1) is 5.92 Å². The van der Waals surface area contributed by atoms with Gasteiger partial charge in [0.25, 0.3) is 11.3 Å². The van der Waals surface area contributed by atoms with Gasteiger partial charge in [0.15, 0.2) is 0 Å². The Bertz CT molecular complexity index is 1590. The van der Waals surface area contributed by atoms with Crippen molar-refractivity contribution >= 4 is 50.2 Å². The Balaban J connectivity index is 1.21. The van der Waals surface area contributed by atoms with Gasteiger partial charge in [0.2, 0.25) is 0 Å². The molecular formula is C28H32N6O4S. The van der Waals surface area contributed by atoms with Gasteiger partial charge in [-0.3, -0.25) is 14.4 Å². The number of benzene rings is 1. The number of piperidine rings is 1. The molecule has 0 saturated carbocycles. The van der Waals surface area contributed by atoms with E-state index in [2.05, 4.69) is 52.4 Å². The van der Waals surface area contributed by atoms with Crippen molar-refractivity contribution in [2.75, 3.05) is 31.5 Å². The number of pyridine rings is 1. The molecule has 39 heavy (non-hydrogen) atoms. The van der Waals surface area contributed by atoms with Crippen LogP contribution >= 0.6 is 11.3 Å². The first-order valence-corrected chi connectivity index (χ1v) is 14.4. The van der Waals surface area contributed by atoms with Crippen LogP contribution in [-0.2, 0) is 9.59 Å². The van der Waals surface area contributed by atoms with Gasteiger partial charge in [0, 0.05) is 19.0 Å². The van der Waals surface area contributed by atoms with Crippen LogP contribution < -0.4 is 10.9 Å². The summed E-state index contributed by atoms with van der Waals surface area (Å²) in [6.45, 7) is 8.20. The molecule has 3 aromatic heterocycles. The van der Waals surface area contributed by atoms with Gasteiger partial charge >= 0.3 is 11.8 Å². The van der Waals surface area contributed by atoms with Gasteiger partial charge in [0.1, 0.15) is 5.39 Å². The molecule has 4 aromatic rings. The van der Waals surface area contributed by atoms with Gasteiger partial charge in [-0.1, -0.05) is 19.9 Å². The molecule has 1 aromatic carbocycles. The van der Waals surface area contributed by atoms with Gasteiger partial charge in [-0.25, -0.2) is 9.97 Å². The minimum atomic E-state index is -0.761. The molecule has 204 valence electrons. The molecule has 2 amide bonds.